The highest BCUT2D eigenvalue weighted by molar-refractivity contribution is 5.69. The summed E-state index contributed by atoms with van der Waals surface area (Å²) in [5.41, 5.74) is 3.98. The first-order chi connectivity index (χ1) is 14.5. The average Bonchev–Trinajstić information content (AvgIpc) is 2.90. The highest BCUT2D eigenvalue weighted by Gasteiger charge is 2.31. The minimum absolute atomic E-state index is 0.0521. The third kappa shape index (κ3) is 4.77. The van der Waals surface area contributed by atoms with Crippen molar-refractivity contribution in [3.8, 4) is 0 Å². The fourth-order valence-corrected chi connectivity index (χ4v) is 5.36. The molecule has 1 saturated heterocycles. The molecule has 0 N–H and O–H groups in total. The number of fused-ring (bicyclic) bond motifs is 1. The summed E-state index contributed by atoms with van der Waals surface area (Å²) in [6.45, 7) is 10.1. The Morgan fingerprint density at radius 1 is 0.967 bits per heavy atom. The minimum atomic E-state index is -0.127. The molecule has 166 valence electrons. The Morgan fingerprint density at radius 2 is 1.70 bits per heavy atom. The van der Waals surface area contributed by atoms with Crippen LogP contribution in [0.15, 0.2) is 18.2 Å². The van der Waals surface area contributed by atoms with Crippen molar-refractivity contribution in [1.82, 2.24) is 9.80 Å². The molecular formula is C25H39N3O2. The first kappa shape index (κ1) is 21.5. The normalized spacial score (nSPS) is 26.2. The monoisotopic (exact) mass is 413 g/mol. The van der Waals surface area contributed by atoms with Crippen LogP contribution in [0.4, 0.5) is 10.5 Å². The van der Waals surface area contributed by atoms with Gasteiger partial charge in [0.05, 0.1) is 12.6 Å². The second-order valence-electron chi connectivity index (χ2n) is 9.74. The van der Waals surface area contributed by atoms with Crippen LogP contribution in [-0.2, 0) is 4.74 Å². The van der Waals surface area contributed by atoms with Gasteiger partial charge in [-0.15, -0.1) is 0 Å². The van der Waals surface area contributed by atoms with Gasteiger partial charge >= 0.3 is 6.09 Å². The van der Waals surface area contributed by atoms with Gasteiger partial charge < -0.3 is 19.4 Å². The smallest absolute Gasteiger partial charge is 0.410 e. The quantitative estimate of drug-likeness (QED) is 0.697. The van der Waals surface area contributed by atoms with E-state index in [9.17, 15) is 4.79 Å². The van der Waals surface area contributed by atoms with Gasteiger partial charge in [-0.2, -0.15) is 0 Å². The third-order valence-electron chi connectivity index (χ3n) is 7.59. The Labute approximate surface area is 182 Å². The predicted octanol–water partition coefficient (Wildman–Crippen LogP) is 5.03. The summed E-state index contributed by atoms with van der Waals surface area (Å²) in [6, 6.07) is 6.98. The zero-order chi connectivity index (χ0) is 21.1. The Morgan fingerprint density at radius 3 is 2.43 bits per heavy atom. The maximum Gasteiger partial charge on any atom is 0.410 e. The summed E-state index contributed by atoms with van der Waals surface area (Å²) < 4.78 is 5.83. The maximum atomic E-state index is 13.0. The van der Waals surface area contributed by atoms with Crippen LogP contribution in [-0.4, -0.2) is 62.3 Å². The van der Waals surface area contributed by atoms with E-state index in [4.69, 9.17) is 4.74 Å². The molecule has 30 heavy (non-hydrogen) atoms. The number of nitrogens with zero attached hydrogens (tertiary/aromatic N) is 3. The van der Waals surface area contributed by atoms with Gasteiger partial charge in [0.15, 0.2) is 0 Å². The molecule has 4 rings (SSSR count). The molecule has 0 bridgehead atoms. The maximum absolute atomic E-state index is 13.0. The molecule has 0 spiro atoms. The van der Waals surface area contributed by atoms with Crippen molar-refractivity contribution in [2.24, 2.45) is 5.92 Å². The van der Waals surface area contributed by atoms with Crippen LogP contribution in [0.1, 0.15) is 75.5 Å². The summed E-state index contributed by atoms with van der Waals surface area (Å²) in [4.78, 5) is 19.9. The molecule has 1 aromatic rings. The van der Waals surface area contributed by atoms with Crippen LogP contribution in [0.2, 0.25) is 0 Å². The van der Waals surface area contributed by atoms with Crippen LogP contribution in [0.25, 0.3) is 0 Å². The molecule has 5 heteroatoms. The first-order valence-corrected chi connectivity index (χ1v) is 12.0. The second-order valence-corrected chi connectivity index (χ2v) is 9.74. The Hall–Kier alpha value is -1.75. The van der Waals surface area contributed by atoms with Crippen LogP contribution in [0, 0.1) is 5.92 Å². The molecule has 2 atom stereocenters. The molecule has 2 fully saturated rings. The number of carbonyl (C=O) groups excluding carboxylic acids is 1. The largest absolute Gasteiger partial charge is 0.449 e. The molecule has 1 amide bonds. The molecule has 2 heterocycles. The number of piperazine rings is 1. The second kappa shape index (κ2) is 9.59. The molecule has 2 aliphatic heterocycles. The number of hydrogen-bond donors (Lipinski definition) is 0. The zero-order valence-corrected chi connectivity index (χ0v) is 19.1. The summed E-state index contributed by atoms with van der Waals surface area (Å²) in [7, 11) is 2.19. The third-order valence-corrected chi connectivity index (χ3v) is 7.59. The average molecular weight is 414 g/mol. The van der Waals surface area contributed by atoms with Gasteiger partial charge in [0.25, 0.3) is 0 Å². The highest BCUT2D eigenvalue weighted by atomic mass is 16.6. The van der Waals surface area contributed by atoms with Gasteiger partial charge in [0.2, 0.25) is 0 Å². The predicted molar refractivity (Wildman–Crippen MR) is 122 cm³/mol. The highest BCUT2D eigenvalue weighted by Crippen LogP contribution is 2.37. The number of anilines is 1. The lowest BCUT2D eigenvalue weighted by atomic mass is 9.90. The van der Waals surface area contributed by atoms with E-state index in [1.54, 1.807) is 0 Å². The lowest BCUT2D eigenvalue weighted by molar-refractivity contribution is 0.0697. The summed E-state index contributed by atoms with van der Waals surface area (Å²) in [5, 5.41) is 0. The molecule has 3 aliphatic rings. The standard InChI is InChI=1S/C25H39N3O2/c1-19-11-12-28(25(29)30-18-21-7-5-4-6-8-21)20(2)24-17-22(9-10-23(19)24)27-15-13-26(3)14-16-27/h9-10,17,19-21H,4-8,11-16,18H2,1-3H3/t19-,20?/m0/s1. The lowest BCUT2D eigenvalue weighted by Crippen LogP contribution is -2.44. The van der Waals surface area contributed by atoms with E-state index in [-0.39, 0.29) is 12.1 Å². The number of hydrogen-bond acceptors (Lipinski definition) is 4. The van der Waals surface area contributed by atoms with Crippen molar-refractivity contribution in [2.75, 3.05) is 51.3 Å². The van der Waals surface area contributed by atoms with Crippen molar-refractivity contribution < 1.29 is 9.53 Å². The Bertz CT molecular complexity index is 723. The number of amides is 1. The van der Waals surface area contributed by atoms with Gasteiger partial charge in [-0.05, 0) is 68.3 Å². The molecular weight excluding hydrogens is 374 g/mol. The fraction of sp³-hybridized carbons (Fsp3) is 0.720. The van der Waals surface area contributed by atoms with Crippen molar-refractivity contribution in [3.05, 3.63) is 29.3 Å². The number of rotatable bonds is 3. The van der Waals surface area contributed by atoms with E-state index in [1.165, 1.54) is 48.9 Å². The zero-order valence-electron chi connectivity index (χ0n) is 19.1. The molecule has 5 nitrogen and oxygen atoms in total. The van der Waals surface area contributed by atoms with Gasteiger partial charge in [-0.3, -0.25) is 0 Å². The van der Waals surface area contributed by atoms with E-state index in [1.807, 2.05) is 4.90 Å². The van der Waals surface area contributed by atoms with E-state index < -0.39 is 0 Å². The molecule has 1 saturated carbocycles. The number of ether oxygens (including phenoxy) is 1. The van der Waals surface area contributed by atoms with E-state index in [0.717, 1.165) is 39.1 Å². The number of benzene rings is 1. The van der Waals surface area contributed by atoms with Crippen molar-refractivity contribution in [1.29, 1.82) is 0 Å². The van der Waals surface area contributed by atoms with Crippen LogP contribution < -0.4 is 4.90 Å². The van der Waals surface area contributed by atoms with Gasteiger partial charge in [0, 0.05) is 38.4 Å². The molecule has 1 aliphatic carbocycles. The molecule has 1 unspecified atom stereocenters. The van der Waals surface area contributed by atoms with Crippen LogP contribution in [0.3, 0.4) is 0 Å². The molecule has 0 radical (unpaired) electrons. The number of likely N-dealkylation sites (N-methyl/N-ethyl adjacent to an activating group) is 1. The van der Waals surface area contributed by atoms with E-state index in [0.29, 0.717) is 18.4 Å². The Balaban J connectivity index is 1.48. The topological polar surface area (TPSA) is 36.0 Å². The van der Waals surface area contributed by atoms with Gasteiger partial charge in [-0.25, -0.2) is 4.79 Å². The summed E-state index contributed by atoms with van der Waals surface area (Å²) in [5.74, 6) is 1.01. The van der Waals surface area contributed by atoms with E-state index in [2.05, 4.69) is 48.9 Å². The van der Waals surface area contributed by atoms with Gasteiger partial charge in [0.1, 0.15) is 0 Å². The van der Waals surface area contributed by atoms with Crippen LogP contribution >= 0.6 is 0 Å². The summed E-state index contributed by atoms with van der Waals surface area (Å²) >= 11 is 0. The van der Waals surface area contributed by atoms with Crippen molar-refractivity contribution in [2.45, 2.75) is 64.3 Å². The SMILES string of the molecule is CC1c2cc(N3CCN(C)CC3)ccc2[C@@H](C)CCN1C(=O)OCC1CCCCC1. The lowest BCUT2D eigenvalue weighted by Gasteiger charge is -2.35. The van der Waals surface area contributed by atoms with Gasteiger partial charge in [-0.1, -0.05) is 32.3 Å². The van der Waals surface area contributed by atoms with Crippen molar-refractivity contribution in [3.63, 3.8) is 0 Å². The Kier molecular flexibility index (Phi) is 6.87. The fourth-order valence-electron chi connectivity index (χ4n) is 5.36. The van der Waals surface area contributed by atoms with Crippen LogP contribution in [0.5, 0.6) is 0 Å². The minimum Gasteiger partial charge on any atom is -0.449 e. The summed E-state index contributed by atoms with van der Waals surface area (Å²) in [6.07, 6.45) is 7.17. The molecule has 0 aromatic heterocycles. The van der Waals surface area contributed by atoms with Crippen molar-refractivity contribution >= 4 is 11.8 Å². The number of carbonyl (C=O) groups is 1. The first-order valence-electron chi connectivity index (χ1n) is 12.0. The molecule has 1 aromatic carbocycles. The van der Waals surface area contributed by atoms with E-state index >= 15 is 0 Å².